The van der Waals surface area contributed by atoms with Gasteiger partial charge in [-0.3, -0.25) is 4.79 Å². The zero-order valence-corrected chi connectivity index (χ0v) is 16.2. The maximum atomic E-state index is 13.0. The van der Waals surface area contributed by atoms with Crippen molar-refractivity contribution in [2.75, 3.05) is 13.2 Å². The van der Waals surface area contributed by atoms with E-state index in [4.69, 9.17) is 9.84 Å². The molecule has 1 heterocycles. The van der Waals surface area contributed by atoms with Gasteiger partial charge < -0.3 is 15.2 Å². The summed E-state index contributed by atoms with van der Waals surface area (Å²) < 4.78 is 5.51. The van der Waals surface area contributed by atoms with Crippen LogP contribution in [0.1, 0.15) is 41.9 Å². The summed E-state index contributed by atoms with van der Waals surface area (Å²) in [5.74, 6) is 0.809. The van der Waals surface area contributed by atoms with Gasteiger partial charge in [0.05, 0.1) is 12.3 Å². The zero-order valence-electron chi connectivity index (χ0n) is 16.2. The van der Waals surface area contributed by atoms with E-state index in [-0.39, 0.29) is 24.9 Å². The van der Waals surface area contributed by atoms with Gasteiger partial charge in [-0.25, -0.2) is 0 Å². The van der Waals surface area contributed by atoms with Crippen LogP contribution in [0.15, 0.2) is 72.0 Å². The molecule has 0 saturated carbocycles. The minimum absolute atomic E-state index is 0.0187. The monoisotopic (exact) mass is 385 g/mol. The average molecular weight is 385 g/mol. The Kier molecular flexibility index (Phi) is 4.36. The molecule has 2 aliphatic carbocycles. The lowest BCUT2D eigenvalue weighted by atomic mass is 9.74. The molecule has 1 aliphatic heterocycles. The first-order chi connectivity index (χ1) is 14.2. The van der Waals surface area contributed by atoms with E-state index in [9.17, 15) is 4.79 Å². The summed E-state index contributed by atoms with van der Waals surface area (Å²) in [7, 11) is 0. The highest BCUT2D eigenvalue weighted by atomic mass is 16.5. The molecule has 0 spiro atoms. The van der Waals surface area contributed by atoms with Gasteiger partial charge >= 0.3 is 0 Å². The molecule has 5 rings (SSSR count). The third kappa shape index (κ3) is 2.83. The minimum atomic E-state index is -0.124. The van der Waals surface area contributed by atoms with Crippen molar-refractivity contribution < 1.29 is 14.6 Å². The number of nitrogens with one attached hydrogen (secondary N) is 1. The molecular weight excluding hydrogens is 362 g/mol. The van der Waals surface area contributed by atoms with Crippen molar-refractivity contribution >= 4 is 17.1 Å². The third-order valence-electron chi connectivity index (χ3n) is 6.00. The fourth-order valence-corrected chi connectivity index (χ4v) is 4.74. The van der Waals surface area contributed by atoms with Gasteiger partial charge in [0.1, 0.15) is 12.4 Å². The van der Waals surface area contributed by atoms with Gasteiger partial charge in [-0.05, 0) is 47.2 Å². The van der Waals surface area contributed by atoms with Gasteiger partial charge in [-0.15, -0.1) is 0 Å². The molecule has 0 saturated heterocycles. The Bertz CT molecular complexity index is 1080. The molecule has 3 aliphatic rings. The lowest BCUT2D eigenvalue weighted by molar-refractivity contribution is -0.116. The maximum absolute atomic E-state index is 13.0. The fraction of sp³-hybridized carbons (Fsp3) is 0.240. The van der Waals surface area contributed by atoms with E-state index < -0.39 is 0 Å². The van der Waals surface area contributed by atoms with E-state index in [0.717, 1.165) is 57.6 Å². The molecule has 4 heteroatoms. The molecule has 4 nitrogen and oxygen atoms in total. The standard InChI is InChI=1S/C25H23NO3/c1-15-18-5-2-3-6-19(18)25-22(15)23(24-20(26-25)7-4-8-21(24)28)16-9-11-17(12-10-16)29-14-13-27/h2-3,5-6,9-12,23,26-27H,1,4,7-8,13-14H2. The fourth-order valence-electron chi connectivity index (χ4n) is 4.74. The zero-order chi connectivity index (χ0) is 20.0. The predicted octanol–water partition coefficient (Wildman–Crippen LogP) is 4.19. The van der Waals surface area contributed by atoms with Crippen molar-refractivity contribution in [1.82, 2.24) is 5.32 Å². The van der Waals surface area contributed by atoms with Crippen LogP contribution in [0.2, 0.25) is 0 Å². The Labute approximate surface area is 170 Å². The SMILES string of the molecule is C=C1C2=C(NC3=C(C(=O)CCC3)C2c2ccc(OCCO)cc2)c2ccccc21. The van der Waals surface area contributed by atoms with Crippen LogP contribution >= 0.6 is 0 Å². The first kappa shape index (κ1) is 18.0. The summed E-state index contributed by atoms with van der Waals surface area (Å²) in [5, 5.41) is 12.6. The summed E-state index contributed by atoms with van der Waals surface area (Å²) in [4.78, 5) is 13.0. The van der Waals surface area contributed by atoms with Crippen LogP contribution in [-0.4, -0.2) is 24.1 Å². The summed E-state index contributed by atoms with van der Waals surface area (Å²) in [6.07, 6.45) is 2.37. The van der Waals surface area contributed by atoms with Crippen LogP contribution in [-0.2, 0) is 4.79 Å². The van der Waals surface area contributed by atoms with E-state index in [1.54, 1.807) is 0 Å². The molecule has 146 valence electrons. The second-order valence-electron chi connectivity index (χ2n) is 7.68. The Morgan fingerprint density at radius 1 is 1.03 bits per heavy atom. The number of ketones is 1. The summed E-state index contributed by atoms with van der Waals surface area (Å²) in [6.45, 7) is 4.64. The second kappa shape index (κ2) is 7.05. The van der Waals surface area contributed by atoms with Crippen molar-refractivity contribution in [2.24, 2.45) is 0 Å². The molecule has 2 aromatic carbocycles. The first-order valence-corrected chi connectivity index (χ1v) is 10.1. The Morgan fingerprint density at radius 3 is 2.55 bits per heavy atom. The molecular formula is C25H23NO3. The molecule has 0 fully saturated rings. The van der Waals surface area contributed by atoms with E-state index >= 15 is 0 Å². The quantitative estimate of drug-likeness (QED) is 0.829. The Balaban J connectivity index is 1.64. The number of hydrogen-bond donors (Lipinski definition) is 2. The maximum Gasteiger partial charge on any atom is 0.161 e. The van der Waals surface area contributed by atoms with Crippen molar-refractivity contribution in [2.45, 2.75) is 25.2 Å². The van der Waals surface area contributed by atoms with Crippen molar-refractivity contribution in [1.29, 1.82) is 0 Å². The molecule has 2 aromatic rings. The number of dihydropyridines is 1. The summed E-state index contributed by atoms with van der Waals surface area (Å²) >= 11 is 0. The number of aliphatic hydroxyl groups excluding tert-OH is 1. The molecule has 2 N–H and O–H groups in total. The first-order valence-electron chi connectivity index (χ1n) is 10.1. The largest absolute Gasteiger partial charge is 0.491 e. The van der Waals surface area contributed by atoms with Gasteiger partial charge in [-0.1, -0.05) is 43.0 Å². The van der Waals surface area contributed by atoms with Gasteiger partial charge in [0.2, 0.25) is 0 Å². The smallest absolute Gasteiger partial charge is 0.161 e. The van der Waals surface area contributed by atoms with Crippen LogP contribution in [0.5, 0.6) is 5.75 Å². The molecule has 0 aromatic heterocycles. The topological polar surface area (TPSA) is 58.6 Å². The van der Waals surface area contributed by atoms with Crippen LogP contribution < -0.4 is 10.1 Å². The number of allylic oxidation sites excluding steroid dienone is 4. The Morgan fingerprint density at radius 2 is 1.79 bits per heavy atom. The van der Waals surface area contributed by atoms with Crippen molar-refractivity contribution in [3.05, 3.63) is 88.6 Å². The predicted molar refractivity (Wildman–Crippen MR) is 113 cm³/mol. The van der Waals surface area contributed by atoms with Gasteiger partial charge in [-0.2, -0.15) is 0 Å². The van der Waals surface area contributed by atoms with E-state index in [1.807, 2.05) is 36.4 Å². The molecule has 0 amide bonds. The van der Waals surface area contributed by atoms with Crippen LogP contribution in [0.3, 0.4) is 0 Å². The normalized spacial score (nSPS) is 20.2. The second-order valence-corrected chi connectivity index (χ2v) is 7.68. The molecule has 1 atom stereocenters. The lowest BCUT2D eigenvalue weighted by Gasteiger charge is -2.34. The van der Waals surface area contributed by atoms with Crippen molar-refractivity contribution in [3.8, 4) is 5.75 Å². The van der Waals surface area contributed by atoms with Crippen molar-refractivity contribution in [3.63, 3.8) is 0 Å². The van der Waals surface area contributed by atoms with Crippen LogP contribution in [0.25, 0.3) is 11.3 Å². The molecule has 1 unspecified atom stereocenters. The number of fused-ring (bicyclic) bond motifs is 2. The van der Waals surface area contributed by atoms with Crippen LogP contribution in [0.4, 0.5) is 0 Å². The summed E-state index contributed by atoms with van der Waals surface area (Å²) in [6, 6.07) is 16.2. The number of carbonyl (C=O) groups excluding carboxylic acids is 1. The number of rotatable bonds is 4. The van der Waals surface area contributed by atoms with Crippen LogP contribution in [0, 0.1) is 0 Å². The lowest BCUT2D eigenvalue weighted by Crippen LogP contribution is -2.30. The molecule has 0 radical (unpaired) electrons. The van der Waals surface area contributed by atoms with E-state index in [0.29, 0.717) is 12.2 Å². The average Bonchev–Trinajstić information content (AvgIpc) is 3.04. The van der Waals surface area contributed by atoms with E-state index in [2.05, 4.69) is 24.0 Å². The Hall–Kier alpha value is -3.11. The minimum Gasteiger partial charge on any atom is -0.491 e. The highest BCUT2D eigenvalue weighted by Gasteiger charge is 2.41. The number of aliphatic hydroxyl groups is 1. The van der Waals surface area contributed by atoms with E-state index in [1.165, 1.54) is 0 Å². The third-order valence-corrected chi connectivity index (χ3v) is 6.00. The molecule has 29 heavy (non-hydrogen) atoms. The number of carbonyl (C=O) groups is 1. The number of ether oxygens (including phenoxy) is 1. The highest BCUT2D eigenvalue weighted by molar-refractivity contribution is 6.07. The molecule has 0 bridgehead atoms. The number of Topliss-reactive ketones (excluding diaryl/α,β-unsaturated/α-hetero) is 1. The van der Waals surface area contributed by atoms with Gasteiger partial charge in [0.25, 0.3) is 0 Å². The number of hydrogen-bond acceptors (Lipinski definition) is 4. The number of benzene rings is 2. The van der Waals surface area contributed by atoms with Gasteiger partial charge in [0, 0.05) is 29.2 Å². The van der Waals surface area contributed by atoms with Gasteiger partial charge in [0.15, 0.2) is 5.78 Å². The summed E-state index contributed by atoms with van der Waals surface area (Å²) in [5.41, 5.74) is 8.46. The highest BCUT2D eigenvalue weighted by Crippen LogP contribution is 2.52.